The minimum absolute atomic E-state index is 0.0155. The highest BCUT2D eigenvalue weighted by Crippen LogP contribution is 2.35. The van der Waals surface area contributed by atoms with Gasteiger partial charge in [-0.1, -0.05) is 32.6 Å². The van der Waals surface area contributed by atoms with Crippen molar-refractivity contribution in [3.63, 3.8) is 0 Å². The summed E-state index contributed by atoms with van der Waals surface area (Å²) in [5.41, 5.74) is 11.0. The van der Waals surface area contributed by atoms with Crippen LogP contribution in [0.25, 0.3) is 0 Å². The summed E-state index contributed by atoms with van der Waals surface area (Å²) in [6, 6.07) is -2.35. The van der Waals surface area contributed by atoms with Crippen LogP contribution in [0.3, 0.4) is 0 Å². The molecule has 0 radical (unpaired) electrons. The van der Waals surface area contributed by atoms with Crippen LogP contribution in [0.2, 0.25) is 0 Å². The van der Waals surface area contributed by atoms with Crippen LogP contribution >= 0.6 is 0 Å². The van der Waals surface area contributed by atoms with E-state index in [1.807, 2.05) is 0 Å². The van der Waals surface area contributed by atoms with Crippen LogP contribution in [-0.4, -0.2) is 49.3 Å². The number of hydrogen-bond acceptors (Lipinski definition) is 8. The van der Waals surface area contributed by atoms with Crippen molar-refractivity contribution in [2.24, 2.45) is 11.5 Å². The molecule has 4 N–H and O–H groups in total. The normalized spacial score (nSPS) is 18.9. The van der Waals surface area contributed by atoms with Gasteiger partial charge in [-0.2, -0.15) is 0 Å². The van der Waals surface area contributed by atoms with Gasteiger partial charge in [-0.05, 0) is 19.3 Å². The molecule has 0 spiro atoms. The van der Waals surface area contributed by atoms with Crippen molar-refractivity contribution in [1.29, 1.82) is 0 Å². The fraction of sp³-hybridized carbons (Fsp3) is 0.824. The van der Waals surface area contributed by atoms with E-state index in [1.54, 1.807) is 0 Å². The Morgan fingerprint density at radius 3 is 2.20 bits per heavy atom. The number of carbonyl (C=O) groups is 3. The van der Waals surface area contributed by atoms with Crippen LogP contribution in [0.1, 0.15) is 58.3 Å². The second-order valence-electron chi connectivity index (χ2n) is 6.54. The Morgan fingerprint density at radius 1 is 1.04 bits per heavy atom. The summed E-state index contributed by atoms with van der Waals surface area (Å²) in [4.78, 5) is 34.7. The zero-order valence-corrected chi connectivity index (χ0v) is 15.1. The van der Waals surface area contributed by atoms with E-state index in [0.29, 0.717) is 0 Å². The summed E-state index contributed by atoms with van der Waals surface area (Å²) < 4.78 is 15.0. The zero-order chi connectivity index (χ0) is 18.9. The first kappa shape index (κ1) is 21.5. The van der Waals surface area contributed by atoms with Crippen molar-refractivity contribution in [3.8, 4) is 0 Å². The Hall–Kier alpha value is -1.51. The van der Waals surface area contributed by atoms with Crippen molar-refractivity contribution in [1.82, 2.24) is 0 Å². The molecule has 1 aliphatic carbocycles. The molecule has 0 aromatic carbocycles. The quantitative estimate of drug-likeness (QED) is 0.457. The minimum atomic E-state index is -1.27. The first-order valence-electron chi connectivity index (χ1n) is 8.81. The lowest BCUT2D eigenvalue weighted by molar-refractivity contribution is -0.165. The van der Waals surface area contributed by atoms with E-state index in [9.17, 15) is 14.4 Å². The summed E-state index contributed by atoms with van der Waals surface area (Å²) in [7, 11) is 1.18. The number of hydrogen-bond donors (Lipinski definition) is 2. The summed E-state index contributed by atoms with van der Waals surface area (Å²) >= 11 is 0. The number of rotatable bonds is 9. The Kier molecular flexibility index (Phi) is 9.02. The minimum Gasteiger partial charge on any atom is -0.469 e. The molecule has 2 atom stereocenters. The SMILES string of the molecule is CCCC1(OC[C@H](N)C(=O)OC(=O)[C@@H](N)CC(=O)OC)CCCCC1. The van der Waals surface area contributed by atoms with Gasteiger partial charge in [0, 0.05) is 0 Å². The molecule has 8 heteroatoms. The van der Waals surface area contributed by atoms with Crippen LogP contribution in [0.5, 0.6) is 0 Å². The highest BCUT2D eigenvalue weighted by atomic mass is 16.6. The van der Waals surface area contributed by atoms with E-state index in [0.717, 1.165) is 38.5 Å². The average Bonchev–Trinajstić information content (AvgIpc) is 2.60. The van der Waals surface area contributed by atoms with Gasteiger partial charge in [-0.25, -0.2) is 9.59 Å². The van der Waals surface area contributed by atoms with Crippen LogP contribution in [0, 0.1) is 0 Å². The zero-order valence-electron chi connectivity index (χ0n) is 15.1. The Bertz CT molecular complexity index is 457. The third-order valence-electron chi connectivity index (χ3n) is 4.46. The molecule has 144 valence electrons. The van der Waals surface area contributed by atoms with Crippen molar-refractivity contribution in [2.45, 2.75) is 76.0 Å². The molecule has 0 heterocycles. The highest BCUT2D eigenvalue weighted by molar-refractivity contribution is 5.92. The summed E-state index contributed by atoms with van der Waals surface area (Å²) in [5.74, 6) is -2.58. The lowest BCUT2D eigenvalue weighted by Gasteiger charge is -2.37. The van der Waals surface area contributed by atoms with Crippen molar-refractivity contribution in [2.75, 3.05) is 13.7 Å². The first-order chi connectivity index (χ1) is 11.8. The molecule has 25 heavy (non-hydrogen) atoms. The third kappa shape index (κ3) is 7.09. The van der Waals surface area contributed by atoms with Gasteiger partial charge in [0.2, 0.25) is 0 Å². The van der Waals surface area contributed by atoms with Crippen LogP contribution < -0.4 is 11.5 Å². The van der Waals surface area contributed by atoms with E-state index in [-0.39, 0.29) is 18.6 Å². The smallest absolute Gasteiger partial charge is 0.333 e. The molecule has 0 saturated heterocycles. The van der Waals surface area contributed by atoms with Gasteiger partial charge in [0.25, 0.3) is 0 Å². The van der Waals surface area contributed by atoms with Gasteiger partial charge in [0.15, 0.2) is 0 Å². The average molecular weight is 358 g/mol. The lowest BCUT2D eigenvalue weighted by atomic mass is 9.81. The predicted molar refractivity (Wildman–Crippen MR) is 90.4 cm³/mol. The summed E-state index contributed by atoms with van der Waals surface area (Å²) in [6.07, 6.45) is 6.82. The van der Waals surface area contributed by atoms with Crippen molar-refractivity contribution in [3.05, 3.63) is 0 Å². The number of methoxy groups -OCH3 is 1. The van der Waals surface area contributed by atoms with Gasteiger partial charge in [0.05, 0.1) is 25.7 Å². The van der Waals surface area contributed by atoms with Crippen LogP contribution in [0.15, 0.2) is 0 Å². The predicted octanol–water partition coefficient (Wildman–Crippen LogP) is 0.794. The molecule has 0 aromatic heterocycles. The molecule has 1 rings (SSSR count). The summed E-state index contributed by atoms with van der Waals surface area (Å²) in [5, 5.41) is 0. The van der Waals surface area contributed by atoms with E-state index < -0.39 is 30.0 Å². The van der Waals surface area contributed by atoms with Gasteiger partial charge < -0.3 is 25.7 Å². The molecule has 0 aliphatic heterocycles. The number of ether oxygens (including phenoxy) is 3. The molecule has 0 bridgehead atoms. The van der Waals surface area contributed by atoms with Crippen LogP contribution in [-0.2, 0) is 28.6 Å². The number of esters is 3. The van der Waals surface area contributed by atoms with Crippen molar-refractivity contribution >= 4 is 17.9 Å². The van der Waals surface area contributed by atoms with Gasteiger partial charge in [0.1, 0.15) is 12.1 Å². The van der Waals surface area contributed by atoms with E-state index in [4.69, 9.17) is 16.2 Å². The molecule has 0 unspecified atom stereocenters. The Balaban J connectivity index is 2.47. The second-order valence-corrected chi connectivity index (χ2v) is 6.54. The largest absolute Gasteiger partial charge is 0.469 e. The molecule has 1 aliphatic rings. The highest BCUT2D eigenvalue weighted by Gasteiger charge is 2.34. The van der Waals surface area contributed by atoms with E-state index in [2.05, 4.69) is 16.4 Å². The topological polar surface area (TPSA) is 131 Å². The molecule has 1 saturated carbocycles. The van der Waals surface area contributed by atoms with Gasteiger partial charge in [-0.15, -0.1) is 0 Å². The van der Waals surface area contributed by atoms with Crippen molar-refractivity contribution < 1.29 is 28.6 Å². The first-order valence-corrected chi connectivity index (χ1v) is 8.81. The standard InChI is InChI=1S/C17H30N2O6/c1-3-7-17(8-5-4-6-9-17)24-11-13(19)16(22)25-15(21)12(18)10-14(20)23-2/h12-13H,3-11,18-19H2,1-2H3/t12-,13-/m0/s1. The molecule has 0 amide bonds. The number of carbonyl (C=O) groups excluding carboxylic acids is 3. The maximum atomic E-state index is 11.9. The Labute approximate surface area is 148 Å². The number of nitrogens with two attached hydrogens (primary N) is 2. The lowest BCUT2D eigenvalue weighted by Crippen LogP contribution is -2.45. The molecule has 8 nitrogen and oxygen atoms in total. The maximum absolute atomic E-state index is 11.9. The fourth-order valence-electron chi connectivity index (χ4n) is 3.05. The molecular formula is C17H30N2O6. The van der Waals surface area contributed by atoms with E-state index >= 15 is 0 Å². The second kappa shape index (κ2) is 10.5. The molecule has 1 fully saturated rings. The monoisotopic (exact) mass is 358 g/mol. The Morgan fingerprint density at radius 2 is 1.64 bits per heavy atom. The van der Waals surface area contributed by atoms with Gasteiger partial charge in [-0.3, -0.25) is 4.79 Å². The summed E-state index contributed by atoms with van der Waals surface area (Å²) in [6.45, 7) is 2.08. The fourth-order valence-corrected chi connectivity index (χ4v) is 3.05. The third-order valence-corrected chi connectivity index (χ3v) is 4.46. The maximum Gasteiger partial charge on any atom is 0.333 e. The van der Waals surface area contributed by atoms with E-state index in [1.165, 1.54) is 13.5 Å². The van der Waals surface area contributed by atoms with Crippen LogP contribution in [0.4, 0.5) is 0 Å². The van der Waals surface area contributed by atoms with Gasteiger partial charge >= 0.3 is 17.9 Å². The molecular weight excluding hydrogens is 328 g/mol. The molecule has 0 aromatic rings.